The van der Waals surface area contributed by atoms with Crippen molar-refractivity contribution in [3.8, 4) is 0 Å². The molecule has 0 unspecified atom stereocenters. The number of hydrogen-bond donors (Lipinski definition) is 1. The van der Waals surface area contributed by atoms with Gasteiger partial charge >= 0.3 is 0 Å². The lowest BCUT2D eigenvalue weighted by molar-refractivity contribution is 0.102. The molecule has 134 valence electrons. The number of aromatic nitrogens is 1. The average Bonchev–Trinajstić information content (AvgIpc) is 3.14. The van der Waals surface area contributed by atoms with E-state index >= 15 is 0 Å². The topological polar surface area (TPSA) is 67.5 Å². The monoisotopic (exact) mass is 459 g/mol. The third-order valence-electron chi connectivity index (χ3n) is 3.64. The van der Waals surface area contributed by atoms with Crippen molar-refractivity contribution in [2.75, 3.05) is 5.32 Å². The van der Waals surface area contributed by atoms with Gasteiger partial charge in [-0.3, -0.25) is 10.1 Å². The maximum atomic E-state index is 12.8. The van der Waals surface area contributed by atoms with Crippen molar-refractivity contribution in [3.63, 3.8) is 0 Å². The number of carbonyl (C=O) groups excluding carboxylic acids is 1. The molecule has 0 saturated heterocycles. The van der Waals surface area contributed by atoms with Gasteiger partial charge in [0.2, 0.25) is 5.55 Å². The van der Waals surface area contributed by atoms with Crippen LogP contribution in [0.1, 0.15) is 10.4 Å². The Morgan fingerprint density at radius 2 is 2.11 bits per heavy atom. The quantitative estimate of drug-likeness (QED) is 0.421. The smallest absolute Gasteiger partial charge is 0.262 e. The lowest BCUT2D eigenvalue weighted by atomic mass is 10.1. The molecule has 0 radical (unpaired) electrons. The first-order valence-corrected chi connectivity index (χ1v) is 9.88. The molecule has 0 aliphatic heterocycles. The van der Waals surface area contributed by atoms with E-state index in [0.717, 1.165) is 9.86 Å². The number of benzene rings is 2. The zero-order chi connectivity index (χ0) is 18.8. The highest BCUT2D eigenvalue weighted by Crippen LogP contribution is 2.22. The fraction of sp³-hybridized carbons (Fsp3) is 0. The highest BCUT2D eigenvalue weighted by Gasteiger charge is 2.14. The largest absolute Gasteiger partial charge is 0.438 e. The Morgan fingerprint density at radius 1 is 1.22 bits per heavy atom. The fourth-order valence-corrected chi connectivity index (χ4v) is 3.55. The molecule has 8 heteroatoms. The Balaban J connectivity index is 1.89. The maximum Gasteiger partial charge on any atom is 0.262 e. The van der Waals surface area contributed by atoms with Gasteiger partial charge in [-0.1, -0.05) is 33.6 Å². The molecule has 2 aromatic heterocycles. The second-order valence-corrected chi connectivity index (χ2v) is 7.78. The number of amides is 1. The third-order valence-corrected chi connectivity index (χ3v) is 5.06. The number of nitrogens with zero attached hydrogens (tertiary/aromatic N) is 2. The van der Waals surface area contributed by atoms with E-state index in [4.69, 9.17) is 16.0 Å². The minimum Gasteiger partial charge on any atom is -0.438 e. The summed E-state index contributed by atoms with van der Waals surface area (Å²) in [7, 11) is 0. The first-order chi connectivity index (χ1) is 13.1. The van der Waals surface area contributed by atoms with Crippen LogP contribution >= 0.6 is 38.9 Å². The highest BCUT2D eigenvalue weighted by molar-refractivity contribution is 9.10. The van der Waals surface area contributed by atoms with Crippen molar-refractivity contribution >= 4 is 66.6 Å². The summed E-state index contributed by atoms with van der Waals surface area (Å²) < 4.78 is 6.81. The van der Waals surface area contributed by atoms with Crippen molar-refractivity contribution in [1.29, 1.82) is 0 Å². The van der Waals surface area contributed by atoms with Crippen LogP contribution in [0, 0.1) is 0 Å². The van der Waals surface area contributed by atoms with Gasteiger partial charge in [-0.05, 0) is 42.5 Å². The van der Waals surface area contributed by atoms with E-state index in [-0.39, 0.29) is 11.5 Å². The molecule has 0 aliphatic rings. The lowest BCUT2D eigenvalue weighted by Crippen LogP contribution is -2.21. The molecule has 1 N–H and O–H groups in total. The molecule has 1 amide bonds. The molecular formula is C19H11BrClN3O2S. The molecule has 5 nitrogen and oxygen atoms in total. The Hall–Kier alpha value is -2.48. The summed E-state index contributed by atoms with van der Waals surface area (Å²) in [6.45, 7) is 0. The van der Waals surface area contributed by atoms with Gasteiger partial charge in [0, 0.05) is 26.5 Å². The summed E-state index contributed by atoms with van der Waals surface area (Å²) >= 11 is 10.8. The van der Waals surface area contributed by atoms with Crippen LogP contribution in [0.3, 0.4) is 0 Å². The Morgan fingerprint density at radius 3 is 2.89 bits per heavy atom. The van der Waals surface area contributed by atoms with E-state index in [0.29, 0.717) is 27.0 Å². The summed E-state index contributed by atoms with van der Waals surface area (Å²) in [5, 5.41) is 6.38. The predicted octanol–water partition coefficient (Wildman–Crippen LogP) is 5.79. The van der Waals surface area contributed by atoms with Gasteiger partial charge in [0.05, 0.1) is 5.69 Å². The van der Waals surface area contributed by atoms with Crippen molar-refractivity contribution in [1.82, 2.24) is 4.98 Å². The zero-order valence-electron chi connectivity index (χ0n) is 13.6. The van der Waals surface area contributed by atoms with Crippen LogP contribution < -0.4 is 10.9 Å². The van der Waals surface area contributed by atoms with E-state index in [1.165, 1.54) is 11.3 Å². The molecular weight excluding hydrogens is 450 g/mol. The molecule has 2 heterocycles. The van der Waals surface area contributed by atoms with Gasteiger partial charge in [-0.15, -0.1) is 11.3 Å². The number of halogens is 2. The normalized spacial score (nSPS) is 11.7. The number of anilines is 1. The van der Waals surface area contributed by atoms with Crippen LogP contribution in [0.4, 0.5) is 10.8 Å². The van der Waals surface area contributed by atoms with Crippen molar-refractivity contribution in [2.45, 2.75) is 0 Å². The highest BCUT2D eigenvalue weighted by atomic mass is 79.9. The van der Waals surface area contributed by atoms with Gasteiger partial charge in [-0.2, -0.15) is 0 Å². The molecule has 0 aliphatic carbocycles. The number of carbonyl (C=O) groups is 1. The SMILES string of the molecule is O=C(Nc1nccs1)c1cc2cc(Br)ccc2oc1=Nc1cccc(Cl)c1. The van der Waals surface area contributed by atoms with Gasteiger partial charge in [0.25, 0.3) is 5.91 Å². The van der Waals surface area contributed by atoms with Crippen molar-refractivity contribution in [2.24, 2.45) is 4.99 Å². The number of thiazole rings is 1. The molecule has 4 aromatic rings. The minimum atomic E-state index is -0.351. The Kier molecular flexibility index (Phi) is 5.07. The van der Waals surface area contributed by atoms with Crippen LogP contribution in [0.5, 0.6) is 0 Å². The van der Waals surface area contributed by atoms with Crippen LogP contribution in [-0.4, -0.2) is 10.9 Å². The van der Waals surface area contributed by atoms with Crippen LogP contribution in [0.2, 0.25) is 5.02 Å². The first-order valence-electron chi connectivity index (χ1n) is 7.83. The molecule has 0 atom stereocenters. The summed E-state index contributed by atoms with van der Waals surface area (Å²) in [5.74, 6) is -0.351. The second kappa shape index (κ2) is 7.64. The molecule has 4 rings (SSSR count). The number of fused-ring (bicyclic) bond motifs is 1. The van der Waals surface area contributed by atoms with Gasteiger partial charge in [0.15, 0.2) is 5.13 Å². The number of hydrogen-bond acceptors (Lipinski definition) is 5. The van der Waals surface area contributed by atoms with Crippen LogP contribution in [0.15, 0.2) is 74.0 Å². The predicted molar refractivity (Wildman–Crippen MR) is 111 cm³/mol. The zero-order valence-corrected chi connectivity index (χ0v) is 16.8. The molecule has 0 fully saturated rings. The summed E-state index contributed by atoms with van der Waals surface area (Å²) in [6.07, 6.45) is 1.62. The van der Waals surface area contributed by atoms with Crippen molar-refractivity contribution < 1.29 is 9.21 Å². The lowest BCUT2D eigenvalue weighted by Gasteiger charge is -2.05. The van der Waals surface area contributed by atoms with Crippen LogP contribution in [-0.2, 0) is 0 Å². The molecule has 2 aromatic carbocycles. The second-order valence-electron chi connectivity index (χ2n) is 5.53. The summed E-state index contributed by atoms with van der Waals surface area (Å²) in [4.78, 5) is 21.4. The van der Waals surface area contributed by atoms with E-state index in [9.17, 15) is 4.79 Å². The Labute approximate surface area is 171 Å². The van der Waals surface area contributed by atoms with E-state index in [1.807, 2.05) is 18.2 Å². The van der Waals surface area contributed by atoms with Crippen LogP contribution in [0.25, 0.3) is 11.0 Å². The standard InChI is InChI=1S/C19H11BrClN3O2S/c20-12-4-5-16-11(8-12)9-15(17(25)24-19-22-6-7-27-19)18(26-16)23-14-3-1-2-13(21)10-14/h1-10H,(H,22,24,25). The van der Waals surface area contributed by atoms with Gasteiger partial charge < -0.3 is 4.42 Å². The Bertz CT molecular complexity index is 1210. The van der Waals surface area contributed by atoms with E-state index < -0.39 is 0 Å². The van der Waals surface area contributed by atoms with Crippen molar-refractivity contribution in [3.05, 3.63) is 80.7 Å². The number of nitrogens with one attached hydrogen (secondary N) is 1. The maximum absolute atomic E-state index is 12.8. The molecule has 27 heavy (non-hydrogen) atoms. The summed E-state index contributed by atoms with van der Waals surface area (Å²) in [6, 6.07) is 14.3. The average molecular weight is 461 g/mol. The molecule has 0 spiro atoms. The first kappa shape index (κ1) is 17.9. The molecule has 0 bridgehead atoms. The summed E-state index contributed by atoms with van der Waals surface area (Å²) in [5.41, 5.74) is 1.70. The van der Waals surface area contributed by atoms with E-state index in [2.05, 4.69) is 31.2 Å². The van der Waals surface area contributed by atoms with E-state index in [1.54, 1.807) is 41.9 Å². The minimum absolute atomic E-state index is 0.196. The third kappa shape index (κ3) is 4.10. The number of rotatable bonds is 3. The van der Waals surface area contributed by atoms with Gasteiger partial charge in [-0.25, -0.2) is 9.98 Å². The van der Waals surface area contributed by atoms with Gasteiger partial charge in [0.1, 0.15) is 11.1 Å². The molecule has 0 saturated carbocycles. The fourth-order valence-electron chi connectivity index (χ4n) is 2.46.